The lowest BCUT2D eigenvalue weighted by Gasteiger charge is -2.10. The molecule has 0 heterocycles. The summed E-state index contributed by atoms with van der Waals surface area (Å²) in [6.45, 7) is 0. The van der Waals surface area contributed by atoms with Crippen LogP contribution in [0.2, 0.25) is 5.02 Å². The Labute approximate surface area is 123 Å². The molecule has 1 amide bonds. The Morgan fingerprint density at radius 2 is 1.95 bits per heavy atom. The van der Waals surface area contributed by atoms with E-state index in [4.69, 9.17) is 27.8 Å². The molecular weight excluding hydrogens is 332 g/mol. The van der Waals surface area contributed by atoms with Gasteiger partial charge in [-0.25, -0.2) is 0 Å². The molecule has 0 atom stereocenters. The Hall–Kier alpha value is -1.72. The number of anilines is 1. The van der Waals surface area contributed by atoms with E-state index in [0.717, 1.165) is 4.47 Å². The summed E-state index contributed by atoms with van der Waals surface area (Å²) in [5, 5.41) is 0.459. The van der Waals surface area contributed by atoms with E-state index in [1.807, 2.05) is 0 Å². The fourth-order valence-electron chi connectivity index (χ4n) is 1.49. The molecule has 2 aromatic rings. The first-order valence-corrected chi connectivity index (χ1v) is 6.46. The van der Waals surface area contributed by atoms with E-state index < -0.39 is 5.91 Å². The molecule has 19 heavy (non-hydrogen) atoms. The van der Waals surface area contributed by atoms with Crippen molar-refractivity contribution in [1.29, 1.82) is 0 Å². The highest BCUT2D eigenvalue weighted by atomic mass is 79.9. The van der Waals surface area contributed by atoms with Gasteiger partial charge in [0.2, 0.25) is 0 Å². The van der Waals surface area contributed by atoms with Crippen LogP contribution in [0.25, 0.3) is 0 Å². The number of halogens is 2. The summed E-state index contributed by atoms with van der Waals surface area (Å²) in [6, 6.07) is 9.90. The van der Waals surface area contributed by atoms with Crippen LogP contribution in [0.5, 0.6) is 11.5 Å². The molecule has 6 heteroatoms. The van der Waals surface area contributed by atoms with Gasteiger partial charge in [-0.05, 0) is 36.4 Å². The van der Waals surface area contributed by atoms with E-state index in [-0.39, 0.29) is 5.56 Å². The average molecular weight is 342 g/mol. The molecule has 0 aliphatic rings. The van der Waals surface area contributed by atoms with Crippen molar-refractivity contribution in [3.63, 3.8) is 0 Å². The van der Waals surface area contributed by atoms with Crippen molar-refractivity contribution >= 4 is 39.1 Å². The van der Waals surface area contributed by atoms with Crippen molar-refractivity contribution in [3.05, 3.63) is 51.5 Å². The minimum absolute atomic E-state index is 0.212. The summed E-state index contributed by atoms with van der Waals surface area (Å²) >= 11 is 9.34. The van der Waals surface area contributed by atoms with E-state index in [9.17, 15) is 4.79 Å². The fraction of sp³-hybridized carbons (Fsp3) is 0. The second kappa shape index (κ2) is 5.50. The van der Waals surface area contributed by atoms with E-state index >= 15 is 0 Å². The monoisotopic (exact) mass is 340 g/mol. The minimum atomic E-state index is -0.608. The summed E-state index contributed by atoms with van der Waals surface area (Å²) in [7, 11) is 0. The van der Waals surface area contributed by atoms with Crippen molar-refractivity contribution in [2.75, 3.05) is 5.73 Å². The third-order valence-corrected chi connectivity index (χ3v) is 3.22. The van der Waals surface area contributed by atoms with E-state index in [0.29, 0.717) is 22.2 Å². The molecule has 2 rings (SSSR count). The number of carbonyl (C=O) groups is 1. The minimum Gasteiger partial charge on any atom is -0.456 e. The zero-order valence-corrected chi connectivity index (χ0v) is 12.0. The quantitative estimate of drug-likeness (QED) is 0.838. The summed E-state index contributed by atoms with van der Waals surface area (Å²) in [6.07, 6.45) is 0. The Kier molecular flexibility index (Phi) is 3.97. The highest BCUT2D eigenvalue weighted by molar-refractivity contribution is 9.10. The summed E-state index contributed by atoms with van der Waals surface area (Å²) in [5.41, 5.74) is 11.4. The van der Waals surface area contributed by atoms with Crippen LogP contribution in [0.3, 0.4) is 0 Å². The van der Waals surface area contributed by atoms with Crippen molar-refractivity contribution < 1.29 is 9.53 Å². The zero-order valence-electron chi connectivity index (χ0n) is 9.69. The smallest absolute Gasteiger partial charge is 0.250 e. The van der Waals surface area contributed by atoms with Crippen LogP contribution in [-0.2, 0) is 0 Å². The molecule has 4 N–H and O–H groups in total. The highest BCUT2D eigenvalue weighted by Crippen LogP contribution is 2.32. The predicted octanol–water partition coefficient (Wildman–Crippen LogP) is 3.58. The van der Waals surface area contributed by atoms with Gasteiger partial charge in [-0.3, -0.25) is 4.79 Å². The molecule has 0 saturated carbocycles. The maximum Gasteiger partial charge on any atom is 0.250 e. The Balaban J connectivity index is 2.36. The number of amides is 1. The number of benzene rings is 2. The number of hydrogen-bond donors (Lipinski definition) is 2. The van der Waals surface area contributed by atoms with E-state index in [1.165, 1.54) is 6.07 Å². The summed E-state index contributed by atoms with van der Waals surface area (Å²) in [4.78, 5) is 11.2. The van der Waals surface area contributed by atoms with Crippen LogP contribution in [0, 0.1) is 0 Å². The van der Waals surface area contributed by atoms with Gasteiger partial charge >= 0.3 is 0 Å². The third-order valence-electron chi connectivity index (χ3n) is 2.41. The molecule has 98 valence electrons. The number of rotatable bonds is 3. The maximum absolute atomic E-state index is 11.2. The van der Waals surface area contributed by atoms with Crippen LogP contribution in [0.1, 0.15) is 10.4 Å². The number of hydrogen-bond acceptors (Lipinski definition) is 3. The number of ether oxygens (including phenoxy) is 1. The SMILES string of the molecule is NC(=O)c1cc(Oc2cc(Br)ccc2Cl)ccc1N. The lowest BCUT2D eigenvalue weighted by molar-refractivity contribution is 0.100. The molecule has 2 aromatic carbocycles. The second-order valence-corrected chi connectivity index (χ2v) is 5.11. The normalized spacial score (nSPS) is 10.2. The van der Waals surface area contributed by atoms with Crippen LogP contribution >= 0.6 is 27.5 Å². The Morgan fingerprint density at radius 1 is 1.21 bits per heavy atom. The highest BCUT2D eigenvalue weighted by Gasteiger charge is 2.09. The molecule has 4 nitrogen and oxygen atoms in total. The largest absolute Gasteiger partial charge is 0.456 e. The molecule has 0 unspecified atom stereocenters. The van der Waals surface area contributed by atoms with Gasteiger partial charge in [0.15, 0.2) is 0 Å². The third kappa shape index (κ3) is 3.19. The topological polar surface area (TPSA) is 78.3 Å². The van der Waals surface area contributed by atoms with Gasteiger partial charge in [-0.2, -0.15) is 0 Å². The summed E-state index contributed by atoms with van der Waals surface area (Å²) < 4.78 is 6.44. The lowest BCUT2D eigenvalue weighted by atomic mass is 10.1. The van der Waals surface area contributed by atoms with Crippen LogP contribution in [0.4, 0.5) is 5.69 Å². The van der Waals surface area contributed by atoms with Crippen molar-refractivity contribution in [3.8, 4) is 11.5 Å². The molecule has 0 radical (unpaired) electrons. The van der Waals surface area contributed by atoms with E-state index in [2.05, 4.69) is 15.9 Å². The van der Waals surface area contributed by atoms with Gasteiger partial charge in [-0.1, -0.05) is 27.5 Å². The Bertz CT molecular complexity index is 647. The molecule has 0 spiro atoms. The number of carbonyl (C=O) groups excluding carboxylic acids is 1. The van der Waals surface area contributed by atoms with Crippen LogP contribution in [-0.4, -0.2) is 5.91 Å². The molecule has 0 saturated heterocycles. The van der Waals surface area contributed by atoms with Gasteiger partial charge in [0, 0.05) is 10.2 Å². The molecular formula is C13H10BrClN2O2. The van der Waals surface area contributed by atoms with Gasteiger partial charge in [0.25, 0.3) is 5.91 Å². The molecule has 0 aromatic heterocycles. The van der Waals surface area contributed by atoms with Gasteiger partial charge in [0.1, 0.15) is 11.5 Å². The molecule has 0 aliphatic heterocycles. The fourth-order valence-corrected chi connectivity index (χ4v) is 1.99. The van der Waals surface area contributed by atoms with Crippen molar-refractivity contribution in [2.45, 2.75) is 0 Å². The van der Waals surface area contributed by atoms with Crippen LogP contribution in [0.15, 0.2) is 40.9 Å². The number of nitrogen functional groups attached to an aromatic ring is 1. The average Bonchev–Trinajstić information content (AvgIpc) is 2.36. The van der Waals surface area contributed by atoms with Gasteiger partial charge < -0.3 is 16.2 Å². The molecule has 0 bridgehead atoms. The molecule has 0 aliphatic carbocycles. The maximum atomic E-state index is 11.2. The second-order valence-electron chi connectivity index (χ2n) is 3.79. The predicted molar refractivity (Wildman–Crippen MR) is 78.6 cm³/mol. The summed E-state index contributed by atoms with van der Waals surface area (Å²) in [5.74, 6) is 0.294. The number of primary amides is 1. The first kappa shape index (κ1) is 13.7. The van der Waals surface area contributed by atoms with Crippen molar-refractivity contribution in [1.82, 2.24) is 0 Å². The first-order chi connectivity index (χ1) is 8.97. The van der Waals surface area contributed by atoms with Gasteiger partial charge in [0.05, 0.1) is 10.6 Å². The molecule has 0 fully saturated rings. The van der Waals surface area contributed by atoms with Crippen molar-refractivity contribution in [2.24, 2.45) is 5.73 Å². The number of nitrogens with two attached hydrogens (primary N) is 2. The van der Waals surface area contributed by atoms with Gasteiger partial charge in [-0.15, -0.1) is 0 Å². The zero-order chi connectivity index (χ0) is 14.0. The standard InChI is InChI=1S/C13H10BrClN2O2/c14-7-1-3-10(15)12(5-7)19-8-2-4-11(16)9(6-8)13(17)18/h1-6H,16H2,(H2,17,18). The van der Waals surface area contributed by atoms with Crippen LogP contribution < -0.4 is 16.2 Å². The lowest BCUT2D eigenvalue weighted by Crippen LogP contribution is -2.13. The van der Waals surface area contributed by atoms with E-state index in [1.54, 1.807) is 30.3 Å². The Morgan fingerprint density at radius 3 is 2.63 bits per heavy atom. The first-order valence-electron chi connectivity index (χ1n) is 5.29.